The van der Waals surface area contributed by atoms with Crippen molar-refractivity contribution in [3.63, 3.8) is 0 Å². The van der Waals surface area contributed by atoms with E-state index in [0.717, 1.165) is 44.4 Å². The molecule has 0 aliphatic heterocycles. The largest absolute Gasteiger partial charge is 0.359 e. The molecule has 0 aliphatic carbocycles. The van der Waals surface area contributed by atoms with Crippen LogP contribution in [0.1, 0.15) is 36.5 Å². The molecule has 1 aromatic carbocycles. The maximum absolute atomic E-state index is 12.2. The number of H-pyrrole nitrogens is 1. The number of nitrogens with one attached hydrogen (secondary N) is 1. The number of rotatable bonds is 6. The molecule has 0 saturated heterocycles. The molecule has 3 aromatic rings. The lowest BCUT2D eigenvalue weighted by Crippen LogP contribution is -1.99. The van der Waals surface area contributed by atoms with E-state index in [2.05, 4.69) is 17.6 Å². The highest BCUT2D eigenvalue weighted by Crippen LogP contribution is 2.28. The number of aromatic amines is 1. The lowest BCUT2D eigenvalue weighted by Gasteiger charge is -2.06. The number of nitrogens with zero attached hydrogens (tertiary/aromatic N) is 1. The van der Waals surface area contributed by atoms with Crippen LogP contribution in [0.25, 0.3) is 22.2 Å². The van der Waals surface area contributed by atoms with Gasteiger partial charge in [-0.15, -0.1) is 11.3 Å². The Balaban J connectivity index is 1.88. The zero-order valence-corrected chi connectivity index (χ0v) is 17.5. The van der Waals surface area contributed by atoms with Gasteiger partial charge >= 0.3 is 0 Å². The molecule has 1 N–H and O–H groups in total. The number of Topliss-reactive ketones (excluding diaryl/α,β-unsaturated/α-hetero) is 1. The molecular formula is C24H24N2OS. The summed E-state index contributed by atoms with van der Waals surface area (Å²) < 4.78 is 0. The molecule has 0 bridgehead atoms. The highest BCUT2D eigenvalue weighted by Gasteiger charge is 2.11. The van der Waals surface area contributed by atoms with Crippen molar-refractivity contribution in [1.29, 1.82) is 0 Å². The monoisotopic (exact) mass is 388 g/mol. The minimum absolute atomic E-state index is 0.0245. The number of aryl methyl sites for hydroxylation is 2. The number of carbonyl (C=O) groups is 1. The van der Waals surface area contributed by atoms with Crippen molar-refractivity contribution < 1.29 is 4.79 Å². The minimum Gasteiger partial charge on any atom is -0.359 e. The fourth-order valence-electron chi connectivity index (χ4n) is 3.08. The van der Waals surface area contributed by atoms with Crippen LogP contribution in [-0.2, 0) is 4.79 Å². The predicted octanol–water partition coefficient (Wildman–Crippen LogP) is 6.39. The number of allylic oxidation sites excluding steroid dienone is 4. The van der Waals surface area contributed by atoms with Gasteiger partial charge in [0, 0.05) is 27.9 Å². The zero-order valence-electron chi connectivity index (χ0n) is 16.7. The Morgan fingerprint density at radius 3 is 2.50 bits per heavy atom. The lowest BCUT2D eigenvalue weighted by molar-refractivity contribution is -0.113. The van der Waals surface area contributed by atoms with E-state index in [0.29, 0.717) is 5.57 Å². The fraction of sp³-hybridized carbons (Fsp3) is 0.167. The second-order valence-electron chi connectivity index (χ2n) is 6.92. The van der Waals surface area contributed by atoms with Gasteiger partial charge in [0.25, 0.3) is 0 Å². The SMILES string of the molecule is C=C(/C=C(C)/C(=C/c1[nH]c(C)cc1C)C(C)=O)c1csc(-c2ccccc2)n1. The van der Waals surface area contributed by atoms with E-state index in [9.17, 15) is 4.79 Å². The number of benzene rings is 1. The molecule has 2 heterocycles. The van der Waals surface area contributed by atoms with Gasteiger partial charge in [0.1, 0.15) is 5.01 Å². The average molecular weight is 389 g/mol. The highest BCUT2D eigenvalue weighted by molar-refractivity contribution is 7.13. The smallest absolute Gasteiger partial charge is 0.160 e. The van der Waals surface area contributed by atoms with Gasteiger partial charge in [-0.25, -0.2) is 4.98 Å². The summed E-state index contributed by atoms with van der Waals surface area (Å²) in [5, 5.41) is 2.96. The molecule has 0 amide bonds. The second kappa shape index (κ2) is 8.36. The third-order valence-corrected chi connectivity index (χ3v) is 5.42. The van der Waals surface area contributed by atoms with Gasteiger partial charge < -0.3 is 4.98 Å². The van der Waals surface area contributed by atoms with Crippen LogP contribution in [0.15, 0.2) is 65.6 Å². The minimum atomic E-state index is 0.0245. The topological polar surface area (TPSA) is 45.8 Å². The van der Waals surface area contributed by atoms with E-state index in [4.69, 9.17) is 4.98 Å². The molecule has 0 radical (unpaired) electrons. The number of thiazole rings is 1. The molecule has 3 rings (SSSR count). The summed E-state index contributed by atoms with van der Waals surface area (Å²) in [5.74, 6) is 0.0245. The van der Waals surface area contributed by atoms with Gasteiger partial charge in [-0.2, -0.15) is 0 Å². The average Bonchev–Trinajstić information content (AvgIpc) is 3.26. The molecule has 0 unspecified atom stereocenters. The number of hydrogen-bond donors (Lipinski definition) is 1. The summed E-state index contributed by atoms with van der Waals surface area (Å²) in [7, 11) is 0. The Kier molecular flexibility index (Phi) is 5.90. The van der Waals surface area contributed by atoms with Crippen LogP contribution in [-0.4, -0.2) is 15.8 Å². The van der Waals surface area contributed by atoms with Crippen LogP contribution in [0, 0.1) is 13.8 Å². The van der Waals surface area contributed by atoms with E-state index in [1.54, 1.807) is 18.3 Å². The van der Waals surface area contributed by atoms with E-state index in [-0.39, 0.29) is 5.78 Å². The first-order valence-electron chi connectivity index (χ1n) is 9.13. The summed E-state index contributed by atoms with van der Waals surface area (Å²) in [6.07, 6.45) is 3.85. The molecule has 142 valence electrons. The predicted molar refractivity (Wildman–Crippen MR) is 119 cm³/mol. The first kappa shape index (κ1) is 19.8. The molecule has 0 fully saturated rings. The Hall–Kier alpha value is -2.98. The molecule has 0 spiro atoms. The summed E-state index contributed by atoms with van der Waals surface area (Å²) in [5.41, 5.74) is 7.42. The Morgan fingerprint density at radius 1 is 1.18 bits per heavy atom. The Labute approximate surface area is 170 Å². The number of aromatic nitrogens is 2. The first-order chi connectivity index (χ1) is 13.3. The van der Waals surface area contributed by atoms with Crippen molar-refractivity contribution in [1.82, 2.24) is 9.97 Å². The van der Waals surface area contributed by atoms with Gasteiger partial charge in [-0.1, -0.05) is 36.9 Å². The zero-order chi connectivity index (χ0) is 20.3. The van der Waals surface area contributed by atoms with Crippen LogP contribution in [0.4, 0.5) is 0 Å². The van der Waals surface area contributed by atoms with Crippen LogP contribution < -0.4 is 0 Å². The molecule has 0 saturated carbocycles. The summed E-state index contributed by atoms with van der Waals surface area (Å²) in [6.45, 7) is 11.7. The molecule has 0 aliphatic rings. The van der Waals surface area contributed by atoms with Gasteiger partial charge in [0.2, 0.25) is 0 Å². The molecule has 2 aromatic heterocycles. The van der Waals surface area contributed by atoms with Gasteiger partial charge in [0.15, 0.2) is 5.78 Å². The number of ketones is 1. The van der Waals surface area contributed by atoms with Gasteiger partial charge in [-0.3, -0.25) is 4.79 Å². The normalized spacial score (nSPS) is 12.3. The number of carbonyl (C=O) groups excluding carboxylic acids is 1. The summed E-state index contributed by atoms with van der Waals surface area (Å²) in [4.78, 5) is 20.3. The fourth-order valence-corrected chi connectivity index (χ4v) is 3.94. The Morgan fingerprint density at radius 2 is 1.89 bits per heavy atom. The molecule has 28 heavy (non-hydrogen) atoms. The summed E-state index contributed by atoms with van der Waals surface area (Å²) in [6, 6.07) is 12.2. The molecular weight excluding hydrogens is 364 g/mol. The molecule has 4 heteroatoms. The lowest BCUT2D eigenvalue weighted by atomic mass is 9.99. The Bertz CT molecular complexity index is 1080. The van der Waals surface area contributed by atoms with Crippen molar-refractivity contribution in [2.45, 2.75) is 27.7 Å². The molecule has 3 nitrogen and oxygen atoms in total. The standard InChI is InChI=1S/C24H24N2OS/c1-15(21(19(5)27)13-22-17(3)12-18(4)25-22)11-16(2)23-14-28-24(26-23)20-9-7-6-8-10-20/h6-14,25H,2H2,1,3-5H3/b15-11+,21-13-. The van der Waals surface area contributed by atoms with Crippen LogP contribution in [0.2, 0.25) is 0 Å². The van der Waals surface area contributed by atoms with Crippen molar-refractivity contribution in [3.8, 4) is 10.6 Å². The van der Waals surface area contributed by atoms with Crippen molar-refractivity contribution in [2.75, 3.05) is 0 Å². The third kappa shape index (κ3) is 4.46. The summed E-state index contributed by atoms with van der Waals surface area (Å²) >= 11 is 1.59. The van der Waals surface area contributed by atoms with Gasteiger partial charge in [0.05, 0.1) is 5.69 Å². The van der Waals surface area contributed by atoms with Crippen LogP contribution >= 0.6 is 11.3 Å². The number of hydrogen-bond acceptors (Lipinski definition) is 3. The van der Waals surface area contributed by atoms with E-state index in [1.165, 1.54) is 0 Å². The molecule has 0 atom stereocenters. The van der Waals surface area contributed by atoms with Crippen molar-refractivity contribution >= 4 is 28.8 Å². The second-order valence-corrected chi connectivity index (χ2v) is 7.78. The van der Waals surface area contributed by atoms with Gasteiger partial charge in [-0.05, 0) is 62.6 Å². The van der Waals surface area contributed by atoms with Crippen LogP contribution in [0.5, 0.6) is 0 Å². The quantitative estimate of drug-likeness (QED) is 0.393. The van der Waals surface area contributed by atoms with Crippen LogP contribution in [0.3, 0.4) is 0 Å². The first-order valence-corrected chi connectivity index (χ1v) is 10.0. The van der Waals surface area contributed by atoms with E-state index in [1.807, 2.05) is 68.6 Å². The highest BCUT2D eigenvalue weighted by atomic mass is 32.1. The third-order valence-electron chi connectivity index (χ3n) is 4.53. The maximum Gasteiger partial charge on any atom is 0.160 e. The van der Waals surface area contributed by atoms with Crippen molar-refractivity contribution in [2.24, 2.45) is 0 Å². The van der Waals surface area contributed by atoms with E-state index < -0.39 is 0 Å². The maximum atomic E-state index is 12.2. The van der Waals surface area contributed by atoms with E-state index >= 15 is 0 Å². The van der Waals surface area contributed by atoms with Crippen molar-refractivity contribution in [3.05, 3.63) is 88.2 Å².